The lowest BCUT2D eigenvalue weighted by atomic mass is 10.0. The smallest absolute Gasteiger partial charge is 0.407 e. The molecule has 24 heavy (non-hydrogen) atoms. The number of nitrogens with zero attached hydrogens (tertiary/aromatic N) is 2. The van der Waals surface area contributed by atoms with E-state index in [4.69, 9.17) is 5.11 Å². The summed E-state index contributed by atoms with van der Waals surface area (Å²) < 4.78 is 0. The van der Waals surface area contributed by atoms with Gasteiger partial charge in [-0.3, -0.25) is 19.7 Å². The van der Waals surface area contributed by atoms with E-state index in [-0.39, 0.29) is 31.3 Å². The van der Waals surface area contributed by atoms with Crippen molar-refractivity contribution in [2.75, 3.05) is 7.05 Å². The Morgan fingerprint density at radius 3 is 2.79 bits per heavy atom. The zero-order valence-corrected chi connectivity index (χ0v) is 13.1. The van der Waals surface area contributed by atoms with Crippen LogP contribution in [0, 0.1) is 0 Å². The predicted molar refractivity (Wildman–Crippen MR) is 82.0 cm³/mol. The average Bonchev–Trinajstić information content (AvgIpc) is 2.85. The van der Waals surface area contributed by atoms with Gasteiger partial charge in [0, 0.05) is 32.1 Å². The zero-order chi connectivity index (χ0) is 17.4. The normalized spacial score (nSPS) is 20.0. The van der Waals surface area contributed by atoms with Crippen molar-refractivity contribution < 1.29 is 24.3 Å². The highest BCUT2D eigenvalue weighted by Gasteiger charge is 2.39. The van der Waals surface area contributed by atoms with E-state index in [0.29, 0.717) is 12.0 Å². The Kier molecular flexibility index (Phi) is 3.96. The Morgan fingerprint density at radius 2 is 2.12 bits per heavy atom. The van der Waals surface area contributed by atoms with Crippen molar-refractivity contribution in [1.82, 2.24) is 15.1 Å². The Hall–Kier alpha value is -2.90. The first kappa shape index (κ1) is 16.0. The fourth-order valence-corrected chi connectivity index (χ4v) is 3.12. The lowest BCUT2D eigenvalue weighted by Crippen LogP contribution is -2.52. The molecule has 1 unspecified atom stereocenters. The minimum absolute atomic E-state index is 0.162. The molecule has 2 heterocycles. The van der Waals surface area contributed by atoms with Crippen LogP contribution >= 0.6 is 0 Å². The number of imide groups is 1. The fourth-order valence-electron chi connectivity index (χ4n) is 3.12. The molecular formula is C16H17N3O5. The Bertz CT molecular complexity index is 745. The summed E-state index contributed by atoms with van der Waals surface area (Å²) in [5.74, 6) is -1.06. The van der Waals surface area contributed by atoms with Crippen LogP contribution in [-0.4, -0.2) is 51.8 Å². The molecule has 3 rings (SSSR count). The quantitative estimate of drug-likeness (QED) is 0.787. The molecule has 2 N–H and O–H groups in total. The van der Waals surface area contributed by atoms with Gasteiger partial charge in [-0.25, -0.2) is 4.79 Å². The number of carboxylic acid groups (broad SMARTS) is 1. The van der Waals surface area contributed by atoms with Gasteiger partial charge in [-0.1, -0.05) is 12.1 Å². The highest BCUT2D eigenvalue weighted by atomic mass is 16.4. The molecule has 4 amide bonds. The van der Waals surface area contributed by atoms with E-state index < -0.39 is 18.0 Å². The van der Waals surface area contributed by atoms with Crippen LogP contribution in [0.3, 0.4) is 0 Å². The minimum atomic E-state index is -1.06. The van der Waals surface area contributed by atoms with Crippen molar-refractivity contribution in [2.45, 2.75) is 32.0 Å². The first-order valence-electron chi connectivity index (χ1n) is 7.58. The van der Waals surface area contributed by atoms with Crippen LogP contribution in [0.25, 0.3) is 0 Å². The van der Waals surface area contributed by atoms with Gasteiger partial charge in [0.25, 0.3) is 5.91 Å². The Labute approximate surface area is 138 Å². The molecule has 1 atom stereocenters. The second kappa shape index (κ2) is 5.95. The third kappa shape index (κ3) is 2.70. The van der Waals surface area contributed by atoms with E-state index in [1.807, 2.05) is 0 Å². The van der Waals surface area contributed by atoms with E-state index in [0.717, 1.165) is 16.0 Å². The largest absolute Gasteiger partial charge is 0.465 e. The second-order valence-corrected chi connectivity index (χ2v) is 5.98. The van der Waals surface area contributed by atoms with Gasteiger partial charge >= 0.3 is 6.09 Å². The molecule has 2 aliphatic heterocycles. The summed E-state index contributed by atoms with van der Waals surface area (Å²) in [6, 6.07) is 4.48. The van der Waals surface area contributed by atoms with Crippen molar-refractivity contribution >= 4 is 23.8 Å². The maximum Gasteiger partial charge on any atom is 0.407 e. The number of benzene rings is 1. The molecule has 0 bridgehead atoms. The molecule has 126 valence electrons. The first-order valence-corrected chi connectivity index (χ1v) is 7.58. The molecule has 0 aromatic heterocycles. The summed E-state index contributed by atoms with van der Waals surface area (Å²) in [5, 5.41) is 11.3. The van der Waals surface area contributed by atoms with E-state index in [9.17, 15) is 19.2 Å². The van der Waals surface area contributed by atoms with Crippen LogP contribution in [0.15, 0.2) is 18.2 Å². The number of fused-ring (bicyclic) bond motifs is 1. The Balaban J connectivity index is 1.86. The number of carbonyl (C=O) groups excluding carboxylic acids is 3. The topological polar surface area (TPSA) is 107 Å². The van der Waals surface area contributed by atoms with E-state index in [2.05, 4.69) is 5.32 Å². The molecule has 1 aromatic rings. The van der Waals surface area contributed by atoms with Crippen LogP contribution in [0.1, 0.15) is 34.3 Å². The Morgan fingerprint density at radius 1 is 1.38 bits per heavy atom. The van der Waals surface area contributed by atoms with Crippen LogP contribution in [-0.2, 0) is 22.7 Å². The summed E-state index contributed by atoms with van der Waals surface area (Å²) in [7, 11) is 1.45. The van der Waals surface area contributed by atoms with Crippen molar-refractivity contribution in [3.05, 3.63) is 34.9 Å². The molecule has 2 aliphatic rings. The molecule has 8 nitrogen and oxygen atoms in total. The molecule has 1 fully saturated rings. The number of rotatable bonds is 3. The van der Waals surface area contributed by atoms with Crippen molar-refractivity contribution in [2.24, 2.45) is 0 Å². The van der Waals surface area contributed by atoms with Crippen molar-refractivity contribution in [3.63, 3.8) is 0 Å². The summed E-state index contributed by atoms with van der Waals surface area (Å²) in [4.78, 5) is 49.5. The standard InChI is InChI=1S/C16H17N3O5/c1-18(16(23)24)7-9-3-2-4-10-11(9)8-19(15(10)22)12-5-6-13(20)17-14(12)21/h2-4,12H,5-8H2,1H3,(H,23,24)(H,17,20,21). The van der Waals surface area contributed by atoms with Crippen LogP contribution < -0.4 is 5.32 Å². The number of hydrogen-bond donors (Lipinski definition) is 2. The molecule has 1 saturated heterocycles. The van der Waals surface area contributed by atoms with Gasteiger partial charge in [0.15, 0.2) is 0 Å². The van der Waals surface area contributed by atoms with Gasteiger partial charge in [-0.15, -0.1) is 0 Å². The molecule has 0 aliphatic carbocycles. The fraction of sp³-hybridized carbons (Fsp3) is 0.375. The van der Waals surface area contributed by atoms with Gasteiger partial charge in [-0.2, -0.15) is 0 Å². The summed E-state index contributed by atoms with van der Waals surface area (Å²) in [6.07, 6.45) is -0.557. The average molecular weight is 331 g/mol. The van der Waals surface area contributed by atoms with Gasteiger partial charge < -0.3 is 14.9 Å². The summed E-state index contributed by atoms with van der Waals surface area (Å²) in [6.45, 7) is 0.402. The SMILES string of the molecule is CN(Cc1cccc2c1CN(C1CCC(=O)NC1=O)C2=O)C(=O)O. The van der Waals surface area contributed by atoms with Gasteiger partial charge in [0.1, 0.15) is 6.04 Å². The lowest BCUT2D eigenvalue weighted by molar-refractivity contribution is -0.136. The van der Waals surface area contributed by atoms with Crippen LogP contribution in [0.4, 0.5) is 4.79 Å². The minimum Gasteiger partial charge on any atom is -0.465 e. The van der Waals surface area contributed by atoms with Crippen molar-refractivity contribution in [3.8, 4) is 0 Å². The molecule has 1 aromatic carbocycles. The summed E-state index contributed by atoms with van der Waals surface area (Å²) >= 11 is 0. The first-order chi connectivity index (χ1) is 11.4. The number of amides is 4. The maximum atomic E-state index is 12.6. The van der Waals surface area contributed by atoms with Gasteiger partial charge in [0.05, 0.1) is 0 Å². The highest BCUT2D eigenvalue weighted by Crippen LogP contribution is 2.30. The zero-order valence-electron chi connectivity index (χ0n) is 13.1. The van der Waals surface area contributed by atoms with Gasteiger partial charge in [0.2, 0.25) is 11.8 Å². The number of carbonyl (C=O) groups is 4. The predicted octanol–water partition coefficient (Wildman–Crippen LogP) is 0.557. The van der Waals surface area contributed by atoms with Crippen molar-refractivity contribution in [1.29, 1.82) is 0 Å². The molecule has 0 radical (unpaired) electrons. The van der Waals surface area contributed by atoms with E-state index >= 15 is 0 Å². The molecule has 8 heteroatoms. The molecule has 0 saturated carbocycles. The second-order valence-electron chi connectivity index (χ2n) is 5.98. The number of nitrogens with one attached hydrogen (secondary N) is 1. The van der Waals surface area contributed by atoms with Crippen LogP contribution in [0.2, 0.25) is 0 Å². The molecule has 0 spiro atoms. The van der Waals surface area contributed by atoms with Gasteiger partial charge in [-0.05, 0) is 23.6 Å². The third-order valence-electron chi connectivity index (χ3n) is 4.41. The summed E-state index contributed by atoms with van der Waals surface area (Å²) in [5.41, 5.74) is 1.96. The van der Waals surface area contributed by atoms with E-state index in [1.54, 1.807) is 18.2 Å². The lowest BCUT2D eigenvalue weighted by Gasteiger charge is -2.29. The van der Waals surface area contributed by atoms with E-state index in [1.165, 1.54) is 11.9 Å². The monoisotopic (exact) mass is 331 g/mol. The third-order valence-corrected chi connectivity index (χ3v) is 4.41. The highest BCUT2D eigenvalue weighted by molar-refractivity contribution is 6.05. The number of piperidine rings is 1. The molecular weight excluding hydrogens is 314 g/mol. The van der Waals surface area contributed by atoms with Crippen LogP contribution in [0.5, 0.6) is 0 Å². The maximum absolute atomic E-state index is 12.6. The number of hydrogen-bond acceptors (Lipinski definition) is 4.